The van der Waals surface area contributed by atoms with Crippen molar-refractivity contribution in [1.29, 1.82) is 0 Å². The Hall–Kier alpha value is -1.99. The van der Waals surface area contributed by atoms with Gasteiger partial charge in [0.1, 0.15) is 12.2 Å². The van der Waals surface area contributed by atoms with Gasteiger partial charge in [0, 0.05) is 18.9 Å². The third-order valence-corrected chi connectivity index (χ3v) is 7.33. The SMILES string of the molecule is C=C1C[C@H](C)C[C@@H]2CC=C[C@@H](C/C=C\C(=O)O[C@H](C/C=C/[C@@H]3CC(C)=CCO3)C[C@H]3OC3[C@@H](O)C1)O2. The highest BCUT2D eigenvalue weighted by Gasteiger charge is 2.45. The summed E-state index contributed by atoms with van der Waals surface area (Å²) in [6, 6.07) is 0. The molecule has 0 aliphatic carbocycles. The number of fused-ring (bicyclic) bond motifs is 3. The Kier molecular flexibility index (Phi) is 9.77. The summed E-state index contributed by atoms with van der Waals surface area (Å²) >= 11 is 0. The Morgan fingerprint density at radius 1 is 1.14 bits per heavy atom. The van der Waals surface area contributed by atoms with E-state index in [4.69, 9.17) is 18.9 Å². The summed E-state index contributed by atoms with van der Waals surface area (Å²) in [6.45, 7) is 9.18. The lowest BCUT2D eigenvalue weighted by molar-refractivity contribution is -0.143. The van der Waals surface area contributed by atoms with E-state index in [1.54, 1.807) is 0 Å². The number of aliphatic hydroxyl groups is 1. The van der Waals surface area contributed by atoms with E-state index in [2.05, 4.69) is 44.7 Å². The molecule has 6 nitrogen and oxygen atoms in total. The normalized spacial score (nSPS) is 39.5. The molecular formula is C30H42O6. The van der Waals surface area contributed by atoms with Gasteiger partial charge in [-0.3, -0.25) is 0 Å². The van der Waals surface area contributed by atoms with Gasteiger partial charge in [-0.1, -0.05) is 61.1 Å². The van der Waals surface area contributed by atoms with Crippen molar-refractivity contribution in [3.8, 4) is 0 Å². The molecule has 4 aliphatic rings. The van der Waals surface area contributed by atoms with Gasteiger partial charge in [0.25, 0.3) is 0 Å². The predicted molar refractivity (Wildman–Crippen MR) is 139 cm³/mol. The maximum Gasteiger partial charge on any atom is 0.330 e. The third-order valence-electron chi connectivity index (χ3n) is 7.33. The van der Waals surface area contributed by atoms with Crippen LogP contribution in [0.1, 0.15) is 65.2 Å². The summed E-state index contributed by atoms with van der Waals surface area (Å²) in [5.41, 5.74) is 2.37. The van der Waals surface area contributed by atoms with Crippen LogP contribution >= 0.6 is 0 Å². The first-order valence-electron chi connectivity index (χ1n) is 13.5. The van der Waals surface area contributed by atoms with E-state index in [0.717, 1.165) is 31.3 Å². The van der Waals surface area contributed by atoms with Crippen molar-refractivity contribution in [3.05, 3.63) is 60.3 Å². The van der Waals surface area contributed by atoms with Gasteiger partial charge < -0.3 is 24.1 Å². The molecule has 2 bridgehead atoms. The fourth-order valence-electron chi connectivity index (χ4n) is 5.45. The summed E-state index contributed by atoms with van der Waals surface area (Å²) in [5.74, 6) is 0.0593. The molecule has 0 spiro atoms. The summed E-state index contributed by atoms with van der Waals surface area (Å²) in [4.78, 5) is 12.6. The largest absolute Gasteiger partial charge is 0.459 e. The van der Waals surface area contributed by atoms with Crippen molar-refractivity contribution in [1.82, 2.24) is 0 Å². The number of carbonyl (C=O) groups is 1. The maximum atomic E-state index is 12.6. The van der Waals surface area contributed by atoms with Crippen molar-refractivity contribution in [3.63, 3.8) is 0 Å². The fourth-order valence-corrected chi connectivity index (χ4v) is 5.45. The highest BCUT2D eigenvalue weighted by Crippen LogP contribution is 2.34. The zero-order valence-electron chi connectivity index (χ0n) is 21.7. The van der Waals surface area contributed by atoms with Gasteiger partial charge in [0.05, 0.1) is 37.1 Å². The molecule has 198 valence electrons. The zero-order chi connectivity index (χ0) is 25.5. The minimum atomic E-state index is -0.594. The minimum absolute atomic E-state index is 0.0312. The van der Waals surface area contributed by atoms with Gasteiger partial charge >= 0.3 is 5.97 Å². The molecule has 1 N–H and O–H groups in total. The fraction of sp³-hybridized carbons (Fsp3) is 0.633. The van der Waals surface area contributed by atoms with Crippen LogP contribution < -0.4 is 0 Å². The molecule has 0 saturated carbocycles. The van der Waals surface area contributed by atoms with E-state index in [1.807, 2.05) is 12.2 Å². The molecule has 4 heterocycles. The Morgan fingerprint density at radius 3 is 2.83 bits per heavy atom. The average molecular weight is 499 g/mol. The second-order valence-electron chi connectivity index (χ2n) is 10.9. The molecular weight excluding hydrogens is 456 g/mol. The molecule has 1 unspecified atom stereocenters. The molecule has 4 rings (SSSR count). The van der Waals surface area contributed by atoms with Crippen LogP contribution in [0.3, 0.4) is 0 Å². The standard InChI is InChI=1S/C30H42O6/c1-20-13-14-33-24(16-20)9-5-11-26-19-28-30(36-28)27(31)18-22(3)15-21(2)17-25-10-4-7-23(34-25)8-6-12-29(32)35-26/h4-7,9,12-13,21,23-28,30-31H,3,8,10-11,14-19H2,1-2H3/b9-5+,12-6-/t21-,23-,24+,25-,26+,27-,28+,30?/m0/s1. The lowest BCUT2D eigenvalue weighted by atomic mass is 9.91. The first kappa shape index (κ1) is 27.1. The van der Waals surface area contributed by atoms with E-state index in [9.17, 15) is 9.90 Å². The van der Waals surface area contributed by atoms with Crippen LogP contribution in [-0.2, 0) is 23.7 Å². The van der Waals surface area contributed by atoms with Crippen LogP contribution in [0.15, 0.2) is 60.3 Å². The summed E-state index contributed by atoms with van der Waals surface area (Å²) in [7, 11) is 0. The van der Waals surface area contributed by atoms with E-state index < -0.39 is 6.10 Å². The van der Waals surface area contributed by atoms with Crippen LogP contribution in [0.4, 0.5) is 0 Å². The first-order valence-corrected chi connectivity index (χ1v) is 13.5. The summed E-state index contributed by atoms with van der Waals surface area (Å²) in [6.07, 6.45) is 18.6. The number of aliphatic hydroxyl groups excluding tert-OH is 1. The highest BCUT2D eigenvalue weighted by molar-refractivity contribution is 5.82. The van der Waals surface area contributed by atoms with Crippen molar-refractivity contribution in [2.24, 2.45) is 5.92 Å². The molecule has 36 heavy (non-hydrogen) atoms. The number of cyclic esters (lactones) is 1. The van der Waals surface area contributed by atoms with E-state index >= 15 is 0 Å². The molecule has 0 aromatic heterocycles. The van der Waals surface area contributed by atoms with Gasteiger partial charge in [-0.05, 0) is 51.4 Å². The molecule has 1 fully saturated rings. The smallest absolute Gasteiger partial charge is 0.330 e. The zero-order valence-corrected chi connectivity index (χ0v) is 21.7. The number of epoxide rings is 1. The van der Waals surface area contributed by atoms with Gasteiger partial charge in [-0.25, -0.2) is 4.79 Å². The molecule has 8 atom stereocenters. The summed E-state index contributed by atoms with van der Waals surface area (Å²) in [5, 5.41) is 10.7. The minimum Gasteiger partial charge on any atom is -0.459 e. The number of rotatable bonds is 3. The monoisotopic (exact) mass is 498 g/mol. The number of carbonyl (C=O) groups excluding carboxylic acids is 1. The third kappa shape index (κ3) is 8.55. The Balaban J connectivity index is 1.40. The van der Waals surface area contributed by atoms with Gasteiger partial charge in [-0.15, -0.1) is 0 Å². The molecule has 0 aromatic carbocycles. The lowest BCUT2D eigenvalue weighted by Crippen LogP contribution is -2.26. The van der Waals surface area contributed by atoms with Gasteiger partial charge in [0.2, 0.25) is 0 Å². The molecule has 1 saturated heterocycles. The van der Waals surface area contributed by atoms with Crippen molar-refractivity contribution in [2.45, 2.75) is 108 Å². The number of esters is 1. The van der Waals surface area contributed by atoms with Crippen LogP contribution in [0.25, 0.3) is 0 Å². The van der Waals surface area contributed by atoms with Crippen molar-refractivity contribution < 1.29 is 28.8 Å². The second kappa shape index (κ2) is 13.0. The molecule has 4 aliphatic heterocycles. The Labute approximate surface area is 215 Å². The number of hydrogen-bond donors (Lipinski definition) is 1. The molecule has 6 heteroatoms. The highest BCUT2D eigenvalue weighted by atomic mass is 16.6. The average Bonchev–Trinajstić information content (AvgIpc) is 3.58. The molecule has 0 radical (unpaired) electrons. The topological polar surface area (TPSA) is 77.5 Å². The summed E-state index contributed by atoms with van der Waals surface area (Å²) < 4.78 is 23.6. The molecule has 0 aromatic rings. The van der Waals surface area contributed by atoms with E-state index in [1.165, 1.54) is 11.6 Å². The van der Waals surface area contributed by atoms with Crippen LogP contribution in [0.2, 0.25) is 0 Å². The predicted octanol–water partition coefficient (Wildman–Crippen LogP) is 5.13. The van der Waals surface area contributed by atoms with Crippen LogP contribution in [0, 0.1) is 5.92 Å². The second-order valence-corrected chi connectivity index (χ2v) is 10.9. The number of hydrogen-bond acceptors (Lipinski definition) is 6. The van der Waals surface area contributed by atoms with E-state index in [0.29, 0.717) is 38.2 Å². The van der Waals surface area contributed by atoms with Crippen LogP contribution in [-0.4, -0.2) is 60.4 Å². The first-order chi connectivity index (χ1) is 17.4. The quantitative estimate of drug-likeness (QED) is 0.330. The molecule has 0 amide bonds. The number of ether oxygens (including phenoxy) is 4. The van der Waals surface area contributed by atoms with Crippen molar-refractivity contribution >= 4 is 5.97 Å². The maximum absolute atomic E-state index is 12.6. The van der Waals surface area contributed by atoms with Gasteiger partial charge in [-0.2, -0.15) is 0 Å². The van der Waals surface area contributed by atoms with Crippen LogP contribution in [0.5, 0.6) is 0 Å². The van der Waals surface area contributed by atoms with Gasteiger partial charge in [0.15, 0.2) is 0 Å². The Morgan fingerprint density at radius 2 is 2.00 bits per heavy atom. The van der Waals surface area contributed by atoms with E-state index in [-0.39, 0.29) is 42.6 Å². The van der Waals surface area contributed by atoms with Crippen molar-refractivity contribution in [2.75, 3.05) is 6.61 Å². The Bertz CT molecular complexity index is 886. The lowest BCUT2D eigenvalue weighted by Gasteiger charge is -2.28.